The summed E-state index contributed by atoms with van der Waals surface area (Å²) in [6.07, 6.45) is 0. The summed E-state index contributed by atoms with van der Waals surface area (Å²) in [5, 5.41) is 8.90. The van der Waals surface area contributed by atoms with Crippen molar-refractivity contribution >= 4 is 22.7 Å². The van der Waals surface area contributed by atoms with E-state index in [1.807, 2.05) is 18.2 Å². The minimum Gasteiger partial charge on any atom is -0.303 e. The first-order chi connectivity index (χ1) is 9.83. The lowest BCUT2D eigenvalue weighted by Crippen LogP contribution is -2.16. The van der Waals surface area contributed by atoms with Crippen LogP contribution < -0.4 is 5.32 Å². The summed E-state index contributed by atoms with van der Waals surface area (Å²) >= 11 is 3.50. The number of hydrogen-bond donors (Lipinski definition) is 1. The van der Waals surface area contributed by atoms with Gasteiger partial charge < -0.3 is 5.32 Å². The fourth-order valence-corrected chi connectivity index (χ4v) is 3.53. The highest BCUT2D eigenvalue weighted by Gasteiger charge is 2.08. The summed E-state index contributed by atoms with van der Waals surface area (Å²) in [5.41, 5.74) is 2.25. The molecule has 3 aromatic rings. The maximum Gasteiger partial charge on any atom is 0.107 e. The van der Waals surface area contributed by atoms with Gasteiger partial charge >= 0.3 is 0 Å². The Balaban J connectivity index is 1.63. The van der Waals surface area contributed by atoms with Crippen LogP contribution in [0.2, 0.25) is 0 Å². The molecule has 0 fully saturated rings. The van der Waals surface area contributed by atoms with Crippen LogP contribution >= 0.6 is 22.7 Å². The van der Waals surface area contributed by atoms with Crippen LogP contribution in [0.5, 0.6) is 0 Å². The van der Waals surface area contributed by atoms with E-state index in [-0.39, 0.29) is 0 Å². The quantitative estimate of drug-likeness (QED) is 0.737. The molecule has 0 aliphatic heterocycles. The zero-order valence-electron chi connectivity index (χ0n) is 11.2. The van der Waals surface area contributed by atoms with Crippen LogP contribution in [0.1, 0.15) is 22.9 Å². The van der Waals surface area contributed by atoms with Gasteiger partial charge in [-0.2, -0.15) is 0 Å². The Hall–Kier alpha value is -1.49. The molecule has 0 bridgehead atoms. The molecule has 0 aliphatic carbocycles. The molecule has 1 atom stereocenters. The third-order valence-corrected chi connectivity index (χ3v) is 5.05. The van der Waals surface area contributed by atoms with Gasteiger partial charge in [-0.15, -0.1) is 22.7 Å². The Morgan fingerprint density at radius 3 is 2.70 bits per heavy atom. The Kier molecular flexibility index (Phi) is 4.25. The van der Waals surface area contributed by atoms with Crippen LogP contribution in [0.4, 0.5) is 0 Å². The second-order valence-electron chi connectivity index (χ2n) is 4.61. The first-order valence-corrected chi connectivity index (χ1v) is 8.35. The zero-order chi connectivity index (χ0) is 13.8. The normalized spacial score (nSPS) is 12.4. The number of nitrogens with zero attached hydrogens (tertiary/aromatic N) is 1. The number of hydrogen-bond acceptors (Lipinski definition) is 4. The maximum atomic E-state index is 4.69. The summed E-state index contributed by atoms with van der Waals surface area (Å²) in [7, 11) is 0. The van der Waals surface area contributed by atoms with Gasteiger partial charge in [0.05, 0.1) is 5.69 Å². The number of thiophene rings is 1. The fraction of sp³-hybridized carbons (Fsp3) is 0.188. The summed E-state index contributed by atoms with van der Waals surface area (Å²) in [4.78, 5) is 6.06. The first kappa shape index (κ1) is 13.5. The van der Waals surface area contributed by atoms with Crippen LogP contribution in [0.15, 0.2) is 53.2 Å². The lowest BCUT2D eigenvalue weighted by atomic mass is 10.2. The third-order valence-electron chi connectivity index (χ3n) is 3.15. The Bertz CT molecular complexity index is 644. The monoisotopic (exact) mass is 300 g/mol. The van der Waals surface area contributed by atoms with E-state index < -0.39 is 0 Å². The molecule has 0 radical (unpaired) electrons. The van der Waals surface area contributed by atoms with Gasteiger partial charge in [0, 0.05) is 28.4 Å². The molecule has 1 N–H and O–H groups in total. The van der Waals surface area contributed by atoms with E-state index in [4.69, 9.17) is 4.98 Å². The third kappa shape index (κ3) is 3.15. The number of benzene rings is 1. The Morgan fingerprint density at radius 1 is 1.10 bits per heavy atom. The summed E-state index contributed by atoms with van der Waals surface area (Å²) < 4.78 is 0. The van der Waals surface area contributed by atoms with Crippen LogP contribution in [0, 0.1) is 0 Å². The lowest BCUT2D eigenvalue weighted by Gasteiger charge is -2.10. The zero-order valence-corrected chi connectivity index (χ0v) is 12.9. The van der Waals surface area contributed by atoms with Crippen molar-refractivity contribution in [3.05, 3.63) is 63.1 Å². The van der Waals surface area contributed by atoms with Crippen molar-refractivity contribution in [1.82, 2.24) is 10.3 Å². The fourth-order valence-electron chi connectivity index (χ4n) is 2.01. The summed E-state index contributed by atoms with van der Waals surface area (Å²) in [6, 6.07) is 15.0. The molecule has 1 unspecified atom stereocenters. The van der Waals surface area contributed by atoms with Crippen molar-refractivity contribution < 1.29 is 0 Å². The minimum atomic E-state index is 0.374. The van der Waals surface area contributed by atoms with E-state index in [2.05, 4.69) is 47.3 Å². The van der Waals surface area contributed by atoms with Crippen molar-refractivity contribution in [2.45, 2.75) is 19.5 Å². The molecule has 0 saturated heterocycles. The minimum absolute atomic E-state index is 0.374. The molecule has 20 heavy (non-hydrogen) atoms. The molecule has 2 aromatic heterocycles. The SMILES string of the molecule is CC(NCc1nc(-c2ccccc2)cs1)c1cccs1. The predicted molar refractivity (Wildman–Crippen MR) is 87.1 cm³/mol. The van der Waals surface area contributed by atoms with Crippen LogP contribution in [0.25, 0.3) is 11.3 Å². The van der Waals surface area contributed by atoms with E-state index in [1.54, 1.807) is 22.7 Å². The van der Waals surface area contributed by atoms with Crippen LogP contribution in [-0.4, -0.2) is 4.98 Å². The molecule has 2 heterocycles. The van der Waals surface area contributed by atoms with Crippen LogP contribution in [-0.2, 0) is 6.54 Å². The molecule has 3 rings (SSSR count). The van der Waals surface area contributed by atoms with E-state index in [0.717, 1.165) is 17.2 Å². The average Bonchev–Trinajstić information content (AvgIpc) is 3.17. The van der Waals surface area contributed by atoms with Gasteiger partial charge in [0.15, 0.2) is 0 Å². The van der Waals surface area contributed by atoms with E-state index in [1.165, 1.54) is 10.4 Å². The molecule has 1 aromatic carbocycles. The lowest BCUT2D eigenvalue weighted by molar-refractivity contribution is 0.581. The molecule has 0 aliphatic rings. The van der Waals surface area contributed by atoms with Gasteiger partial charge in [0.1, 0.15) is 5.01 Å². The van der Waals surface area contributed by atoms with Crippen LogP contribution in [0.3, 0.4) is 0 Å². The number of thiazole rings is 1. The molecule has 102 valence electrons. The molecule has 4 heteroatoms. The highest BCUT2D eigenvalue weighted by atomic mass is 32.1. The second kappa shape index (κ2) is 6.31. The van der Waals surface area contributed by atoms with Crippen molar-refractivity contribution in [1.29, 1.82) is 0 Å². The summed E-state index contributed by atoms with van der Waals surface area (Å²) in [6.45, 7) is 3.01. The van der Waals surface area contributed by atoms with Gasteiger partial charge in [-0.25, -0.2) is 4.98 Å². The first-order valence-electron chi connectivity index (χ1n) is 6.59. The maximum absolute atomic E-state index is 4.69. The average molecular weight is 300 g/mol. The molecule has 0 spiro atoms. The van der Waals surface area contributed by atoms with Gasteiger partial charge in [-0.05, 0) is 18.4 Å². The van der Waals surface area contributed by atoms with Gasteiger partial charge in [-0.1, -0.05) is 36.4 Å². The number of nitrogens with one attached hydrogen (secondary N) is 1. The largest absolute Gasteiger partial charge is 0.303 e. The Morgan fingerprint density at radius 2 is 1.95 bits per heavy atom. The van der Waals surface area contributed by atoms with Gasteiger partial charge in [0.2, 0.25) is 0 Å². The van der Waals surface area contributed by atoms with Gasteiger partial charge in [0.25, 0.3) is 0 Å². The number of aromatic nitrogens is 1. The molecular weight excluding hydrogens is 284 g/mol. The van der Waals surface area contributed by atoms with Gasteiger partial charge in [-0.3, -0.25) is 0 Å². The van der Waals surface area contributed by atoms with Crippen molar-refractivity contribution in [3.63, 3.8) is 0 Å². The molecule has 0 saturated carbocycles. The molecule has 0 amide bonds. The van der Waals surface area contributed by atoms with E-state index >= 15 is 0 Å². The topological polar surface area (TPSA) is 24.9 Å². The Labute approximate surface area is 127 Å². The molecule has 2 nitrogen and oxygen atoms in total. The van der Waals surface area contributed by atoms with E-state index in [0.29, 0.717) is 6.04 Å². The van der Waals surface area contributed by atoms with Crippen molar-refractivity contribution in [2.24, 2.45) is 0 Å². The highest BCUT2D eigenvalue weighted by molar-refractivity contribution is 7.10. The summed E-state index contributed by atoms with van der Waals surface area (Å²) in [5.74, 6) is 0. The standard InChI is InChI=1S/C16H16N2S2/c1-12(15-8-5-9-19-15)17-10-16-18-14(11-20-16)13-6-3-2-4-7-13/h2-9,11-12,17H,10H2,1H3. The van der Waals surface area contributed by atoms with Crippen molar-refractivity contribution in [3.8, 4) is 11.3 Å². The second-order valence-corrected chi connectivity index (χ2v) is 6.53. The predicted octanol–water partition coefficient (Wildman–Crippen LogP) is 4.72. The number of rotatable bonds is 5. The molecular formula is C16H16N2S2. The van der Waals surface area contributed by atoms with Crippen molar-refractivity contribution in [2.75, 3.05) is 0 Å². The van der Waals surface area contributed by atoms with E-state index in [9.17, 15) is 0 Å². The smallest absolute Gasteiger partial charge is 0.107 e. The highest BCUT2D eigenvalue weighted by Crippen LogP contribution is 2.23.